The van der Waals surface area contributed by atoms with Gasteiger partial charge in [-0.2, -0.15) is 0 Å². The maximum absolute atomic E-state index is 12.0. The van der Waals surface area contributed by atoms with Gasteiger partial charge in [0.2, 0.25) is 5.91 Å². The largest absolute Gasteiger partial charge is 0.370 e. The molecule has 1 heterocycles. The molecule has 1 aliphatic heterocycles. The smallest absolute Gasteiger partial charge is 0.248 e. The molecule has 0 saturated carbocycles. The maximum Gasteiger partial charge on any atom is 0.248 e. The summed E-state index contributed by atoms with van der Waals surface area (Å²) in [4.78, 5) is 14.3. The van der Waals surface area contributed by atoms with Crippen molar-refractivity contribution >= 4 is 35.0 Å². The van der Waals surface area contributed by atoms with Crippen LogP contribution in [0, 0.1) is 0 Å². The predicted molar refractivity (Wildman–Crippen MR) is 102 cm³/mol. The van der Waals surface area contributed by atoms with Crippen LogP contribution in [0.4, 0.5) is 11.4 Å². The van der Waals surface area contributed by atoms with Gasteiger partial charge in [0.25, 0.3) is 0 Å². The van der Waals surface area contributed by atoms with E-state index in [4.69, 9.17) is 11.6 Å². The minimum atomic E-state index is -0.166. The number of piperidine rings is 1. The Morgan fingerprint density at radius 2 is 1.79 bits per heavy atom. The molecule has 3 rings (SSSR count). The summed E-state index contributed by atoms with van der Waals surface area (Å²) in [5.41, 5.74) is 2.75. The summed E-state index contributed by atoms with van der Waals surface area (Å²) in [6, 6.07) is 15.5. The third-order valence-electron chi connectivity index (χ3n) is 4.14. The Labute approximate surface area is 147 Å². The van der Waals surface area contributed by atoms with E-state index < -0.39 is 0 Å². The van der Waals surface area contributed by atoms with Crippen molar-refractivity contribution < 1.29 is 4.79 Å². The number of carbonyl (C=O) groups excluding carboxylic acids is 1. The van der Waals surface area contributed by atoms with Crippen molar-refractivity contribution in [1.29, 1.82) is 0 Å². The lowest BCUT2D eigenvalue weighted by atomic mass is 10.1. The number of benzene rings is 2. The standard InChI is InChI=1S/C20H21ClN2O/c21-18-15-17(10-11-19(18)23-13-5-2-6-14-23)22-20(24)12-9-16-7-3-1-4-8-16/h1,3-4,7-12,15H,2,5-6,13-14H2,(H,22,24)/b12-9+. The number of hydrogen-bond acceptors (Lipinski definition) is 2. The highest BCUT2D eigenvalue weighted by atomic mass is 35.5. The van der Waals surface area contributed by atoms with Crippen LogP contribution >= 0.6 is 11.6 Å². The first kappa shape index (κ1) is 16.6. The minimum Gasteiger partial charge on any atom is -0.370 e. The highest BCUT2D eigenvalue weighted by molar-refractivity contribution is 6.33. The quantitative estimate of drug-likeness (QED) is 0.796. The number of nitrogens with zero attached hydrogens (tertiary/aromatic N) is 1. The van der Waals surface area contributed by atoms with Gasteiger partial charge in [-0.05, 0) is 49.1 Å². The molecule has 0 atom stereocenters. The number of amides is 1. The van der Waals surface area contributed by atoms with Crippen LogP contribution < -0.4 is 10.2 Å². The van der Waals surface area contributed by atoms with E-state index >= 15 is 0 Å². The molecule has 1 N–H and O–H groups in total. The Hall–Kier alpha value is -2.26. The Bertz CT molecular complexity index is 722. The van der Waals surface area contributed by atoms with E-state index in [1.165, 1.54) is 25.3 Å². The number of carbonyl (C=O) groups is 1. The first-order chi connectivity index (χ1) is 11.7. The summed E-state index contributed by atoms with van der Waals surface area (Å²) in [7, 11) is 0. The van der Waals surface area contributed by atoms with Crippen LogP contribution in [0.15, 0.2) is 54.6 Å². The van der Waals surface area contributed by atoms with Crippen molar-refractivity contribution in [1.82, 2.24) is 0 Å². The average Bonchev–Trinajstić information content (AvgIpc) is 2.62. The highest BCUT2D eigenvalue weighted by Gasteiger charge is 2.14. The highest BCUT2D eigenvalue weighted by Crippen LogP contribution is 2.30. The second-order valence-electron chi connectivity index (χ2n) is 5.95. The van der Waals surface area contributed by atoms with Gasteiger partial charge in [0.05, 0.1) is 10.7 Å². The van der Waals surface area contributed by atoms with Gasteiger partial charge in [0.1, 0.15) is 0 Å². The van der Waals surface area contributed by atoms with Crippen LogP contribution in [0.1, 0.15) is 24.8 Å². The second-order valence-corrected chi connectivity index (χ2v) is 6.35. The minimum absolute atomic E-state index is 0.166. The Morgan fingerprint density at radius 3 is 2.50 bits per heavy atom. The third kappa shape index (κ3) is 4.39. The molecule has 1 amide bonds. The van der Waals surface area contributed by atoms with Crippen LogP contribution in [0.25, 0.3) is 6.08 Å². The van der Waals surface area contributed by atoms with E-state index in [1.54, 1.807) is 6.08 Å². The molecule has 1 saturated heterocycles. The van der Waals surface area contributed by atoms with Crippen molar-refractivity contribution in [2.45, 2.75) is 19.3 Å². The zero-order valence-electron chi connectivity index (χ0n) is 13.5. The van der Waals surface area contributed by atoms with E-state index in [0.29, 0.717) is 10.7 Å². The molecule has 4 heteroatoms. The molecule has 0 unspecified atom stereocenters. The van der Waals surface area contributed by atoms with Crippen molar-refractivity contribution in [2.24, 2.45) is 0 Å². The fraction of sp³-hybridized carbons (Fsp3) is 0.250. The molecular weight excluding hydrogens is 320 g/mol. The van der Waals surface area contributed by atoms with E-state index in [-0.39, 0.29) is 5.91 Å². The van der Waals surface area contributed by atoms with Crippen molar-refractivity contribution in [2.75, 3.05) is 23.3 Å². The molecule has 2 aromatic carbocycles. The maximum atomic E-state index is 12.0. The molecular formula is C20H21ClN2O. The lowest BCUT2D eigenvalue weighted by molar-refractivity contribution is -0.111. The average molecular weight is 341 g/mol. The van der Waals surface area contributed by atoms with Gasteiger partial charge in [0.15, 0.2) is 0 Å². The summed E-state index contributed by atoms with van der Waals surface area (Å²) in [5.74, 6) is -0.166. The van der Waals surface area contributed by atoms with E-state index in [1.807, 2.05) is 48.5 Å². The monoisotopic (exact) mass is 340 g/mol. The third-order valence-corrected chi connectivity index (χ3v) is 4.44. The first-order valence-corrected chi connectivity index (χ1v) is 8.69. The molecule has 2 aromatic rings. The van der Waals surface area contributed by atoms with Crippen molar-refractivity contribution in [3.05, 3.63) is 65.2 Å². The Morgan fingerprint density at radius 1 is 1.04 bits per heavy atom. The fourth-order valence-corrected chi connectivity index (χ4v) is 3.20. The Kier molecular flexibility index (Phi) is 5.55. The van der Waals surface area contributed by atoms with Crippen LogP contribution in [-0.2, 0) is 4.79 Å². The van der Waals surface area contributed by atoms with Gasteiger partial charge in [0, 0.05) is 24.9 Å². The van der Waals surface area contributed by atoms with Gasteiger partial charge >= 0.3 is 0 Å². The van der Waals surface area contributed by atoms with Crippen molar-refractivity contribution in [3.63, 3.8) is 0 Å². The molecule has 0 aromatic heterocycles. The summed E-state index contributed by atoms with van der Waals surface area (Å²) < 4.78 is 0. The fourth-order valence-electron chi connectivity index (χ4n) is 2.90. The molecule has 0 radical (unpaired) electrons. The van der Waals surface area contributed by atoms with Gasteiger partial charge < -0.3 is 10.2 Å². The molecule has 3 nitrogen and oxygen atoms in total. The first-order valence-electron chi connectivity index (χ1n) is 8.31. The van der Waals surface area contributed by atoms with E-state index in [9.17, 15) is 4.79 Å². The van der Waals surface area contributed by atoms with Crippen molar-refractivity contribution in [3.8, 4) is 0 Å². The number of nitrogens with one attached hydrogen (secondary N) is 1. The number of halogens is 1. The summed E-state index contributed by atoms with van der Waals surface area (Å²) in [5, 5.41) is 3.54. The summed E-state index contributed by atoms with van der Waals surface area (Å²) in [6.45, 7) is 2.09. The van der Waals surface area contributed by atoms with Gasteiger partial charge in [-0.3, -0.25) is 4.79 Å². The molecule has 1 fully saturated rings. The summed E-state index contributed by atoms with van der Waals surface area (Å²) in [6.07, 6.45) is 7.02. The van der Waals surface area contributed by atoms with Gasteiger partial charge in [-0.25, -0.2) is 0 Å². The second kappa shape index (κ2) is 8.02. The lowest BCUT2D eigenvalue weighted by Gasteiger charge is -2.29. The number of hydrogen-bond donors (Lipinski definition) is 1. The van der Waals surface area contributed by atoms with Crippen LogP contribution in [0.3, 0.4) is 0 Å². The number of anilines is 2. The molecule has 0 bridgehead atoms. The van der Waals surface area contributed by atoms with Crippen LogP contribution in [0.2, 0.25) is 5.02 Å². The molecule has 0 spiro atoms. The molecule has 24 heavy (non-hydrogen) atoms. The molecule has 1 aliphatic rings. The molecule has 0 aliphatic carbocycles. The molecule has 124 valence electrons. The Balaban J connectivity index is 1.64. The van der Waals surface area contributed by atoms with Gasteiger partial charge in [-0.1, -0.05) is 41.9 Å². The lowest BCUT2D eigenvalue weighted by Crippen LogP contribution is -2.29. The normalized spacial score (nSPS) is 14.8. The van der Waals surface area contributed by atoms with Crippen LogP contribution in [0.5, 0.6) is 0 Å². The topological polar surface area (TPSA) is 32.3 Å². The van der Waals surface area contributed by atoms with Gasteiger partial charge in [-0.15, -0.1) is 0 Å². The van der Waals surface area contributed by atoms with Crippen LogP contribution in [-0.4, -0.2) is 19.0 Å². The SMILES string of the molecule is O=C(/C=C/c1ccccc1)Nc1ccc(N2CCCCC2)c(Cl)c1. The zero-order chi connectivity index (χ0) is 16.8. The predicted octanol–water partition coefficient (Wildman–Crippen LogP) is 4.98. The summed E-state index contributed by atoms with van der Waals surface area (Å²) >= 11 is 6.41. The van der Waals surface area contributed by atoms with E-state index in [0.717, 1.165) is 24.3 Å². The van der Waals surface area contributed by atoms with E-state index in [2.05, 4.69) is 10.2 Å². The zero-order valence-corrected chi connectivity index (χ0v) is 14.3. The number of rotatable bonds is 4.